The van der Waals surface area contributed by atoms with E-state index in [0.717, 1.165) is 38.6 Å². The first kappa shape index (κ1) is 22.4. The maximum atomic E-state index is 12.0. The van der Waals surface area contributed by atoms with Gasteiger partial charge in [0.15, 0.2) is 0 Å². The Labute approximate surface area is 196 Å². The summed E-state index contributed by atoms with van der Waals surface area (Å²) in [7, 11) is 0. The average molecular weight is 462 g/mol. The van der Waals surface area contributed by atoms with E-state index < -0.39 is 0 Å². The lowest BCUT2D eigenvalue weighted by Gasteiger charge is -2.47. The molecule has 6 atom stereocenters. The van der Waals surface area contributed by atoms with Crippen LogP contribution in [-0.2, 0) is 9.53 Å². The van der Waals surface area contributed by atoms with Crippen molar-refractivity contribution >= 4 is 23.5 Å². The third kappa shape index (κ3) is 4.62. The zero-order chi connectivity index (χ0) is 22.2. The van der Waals surface area contributed by atoms with Gasteiger partial charge in [-0.3, -0.25) is 9.69 Å². The van der Waals surface area contributed by atoms with Gasteiger partial charge in [-0.05, 0) is 69.6 Å². The molecule has 2 bridgehead atoms. The van der Waals surface area contributed by atoms with Crippen molar-refractivity contribution < 1.29 is 9.53 Å². The standard InChI is InChI=1S/C24H36ClN5O2/c1-2-32-22-14-29(24-27-11-17(25)12-28-24)8-7-20(22)16-9-18-5-6-19(10-16)30(18)13-21(23(26)31)15-3-4-15/h11-12,15-16,18-22H,2-10,13-14H2,1H3,(H2,26,31)/t16?,18-,19+,20-,21-,22-/m1/s1. The van der Waals surface area contributed by atoms with Crippen molar-refractivity contribution in [3.05, 3.63) is 17.4 Å². The molecular formula is C24H36ClN5O2. The molecule has 176 valence electrons. The molecule has 1 aromatic rings. The van der Waals surface area contributed by atoms with Gasteiger partial charge in [-0.15, -0.1) is 0 Å². The lowest BCUT2D eigenvalue weighted by atomic mass is 9.74. The summed E-state index contributed by atoms with van der Waals surface area (Å²) in [4.78, 5) is 25.8. The van der Waals surface area contributed by atoms with Crippen molar-refractivity contribution in [3.8, 4) is 0 Å². The van der Waals surface area contributed by atoms with Crippen LogP contribution in [-0.4, -0.2) is 65.2 Å². The van der Waals surface area contributed by atoms with Crippen molar-refractivity contribution in [2.75, 3.05) is 31.1 Å². The van der Waals surface area contributed by atoms with Gasteiger partial charge >= 0.3 is 0 Å². The van der Waals surface area contributed by atoms with Crippen molar-refractivity contribution in [1.29, 1.82) is 0 Å². The number of nitrogens with two attached hydrogens (primary N) is 1. The zero-order valence-corrected chi connectivity index (χ0v) is 19.8. The number of hydrogen-bond donors (Lipinski definition) is 1. The fraction of sp³-hybridized carbons (Fsp3) is 0.792. The fourth-order valence-corrected chi connectivity index (χ4v) is 6.77. The van der Waals surface area contributed by atoms with Crippen LogP contribution >= 0.6 is 11.6 Å². The third-order valence-corrected chi connectivity index (χ3v) is 8.57. The molecule has 4 aliphatic rings. The van der Waals surface area contributed by atoms with Gasteiger partial charge < -0.3 is 15.4 Å². The monoisotopic (exact) mass is 461 g/mol. The smallest absolute Gasteiger partial charge is 0.225 e. The molecule has 3 saturated heterocycles. The largest absolute Gasteiger partial charge is 0.376 e. The van der Waals surface area contributed by atoms with Gasteiger partial charge in [0, 0.05) is 38.3 Å². The van der Waals surface area contributed by atoms with E-state index in [9.17, 15) is 4.79 Å². The number of halogens is 1. The summed E-state index contributed by atoms with van der Waals surface area (Å²) in [5.74, 6) is 2.48. The molecule has 0 aromatic carbocycles. The summed E-state index contributed by atoms with van der Waals surface area (Å²) in [6.45, 7) is 5.48. The van der Waals surface area contributed by atoms with Crippen LogP contribution in [0.5, 0.6) is 0 Å². The van der Waals surface area contributed by atoms with Gasteiger partial charge in [0.25, 0.3) is 0 Å². The molecule has 1 aromatic heterocycles. The molecule has 3 aliphatic heterocycles. The number of ether oxygens (including phenoxy) is 1. The van der Waals surface area contributed by atoms with Crippen molar-refractivity contribution in [2.24, 2.45) is 29.4 Å². The van der Waals surface area contributed by atoms with Gasteiger partial charge in [-0.25, -0.2) is 9.97 Å². The molecule has 4 fully saturated rings. The quantitative estimate of drug-likeness (QED) is 0.640. The van der Waals surface area contributed by atoms with Gasteiger partial charge in [-0.1, -0.05) is 11.6 Å². The minimum absolute atomic E-state index is 0.0495. The lowest BCUT2D eigenvalue weighted by molar-refractivity contribution is -0.123. The first-order valence-electron chi connectivity index (χ1n) is 12.4. The first-order chi connectivity index (χ1) is 15.5. The Morgan fingerprint density at radius 1 is 1.19 bits per heavy atom. The number of carbonyl (C=O) groups is 1. The molecule has 4 heterocycles. The minimum atomic E-state index is -0.0952. The summed E-state index contributed by atoms with van der Waals surface area (Å²) in [6.07, 6.45) is 11.9. The molecule has 1 unspecified atom stereocenters. The fourth-order valence-electron chi connectivity index (χ4n) is 6.68. The van der Waals surface area contributed by atoms with Gasteiger partial charge in [0.2, 0.25) is 11.9 Å². The second-order valence-electron chi connectivity index (χ2n) is 10.3. The first-order valence-corrected chi connectivity index (χ1v) is 12.8. The predicted octanol–water partition coefficient (Wildman–Crippen LogP) is 3.12. The molecule has 1 amide bonds. The van der Waals surface area contributed by atoms with E-state index in [1.165, 1.54) is 38.5 Å². The Bertz CT molecular complexity index is 790. The number of nitrogens with zero attached hydrogens (tertiary/aromatic N) is 4. The van der Waals surface area contributed by atoms with Crippen molar-refractivity contribution in [3.63, 3.8) is 0 Å². The van der Waals surface area contributed by atoms with Crippen LogP contribution in [0.2, 0.25) is 5.02 Å². The van der Waals surface area contributed by atoms with E-state index in [1.54, 1.807) is 12.4 Å². The number of rotatable bonds is 8. The van der Waals surface area contributed by atoms with Crippen LogP contribution in [0.4, 0.5) is 5.95 Å². The molecule has 2 N–H and O–H groups in total. The summed E-state index contributed by atoms with van der Waals surface area (Å²) >= 11 is 5.97. The molecule has 7 nitrogen and oxygen atoms in total. The van der Waals surface area contributed by atoms with E-state index in [2.05, 4.69) is 26.7 Å². The van der Waals surface area contributed by atoms with E-state index in [-0.39, 0.29) is 17.9 Å². The highest BCUT2D eigenvalue weighted by Crippen LogP contribution is 2.46. The molecule has 8 heteroatoms. The second kappa shape index (κ2) is 9.43. The molecule has 0 radical (unpaired) electrons. The van der Waals surface area contributed by atoms with Crippen LogP contribution in [0.1, 0.15) is 51.9 Å². The number of primary amides is 1. The Morgan fingerprint density at radius 3 is 2.47 bits per heavy atom. The summed E-state index contributed by atoms with van der Waals surface area (Å²) in [5, 5.41) is 0.562. The Hall–Kier alpha value is -1.44. The highest BCUT2D eigenvalue weighted by molar-refractivity contribution is 6.30. The Kier molecular flexibility index (Phi) is 6.59. The van der Waals surface area contributed by atoms with Crippen LogP contribution in [0.3, 0.4) is 0 Å². The number of anilines is 1. The van der Waals surface area contributed by atoms with Crippen LogP contribution in [0.25, 0.3) is 0 Å². The SMILES string of the molecule is CCO[C@@H]1CN(c2ncc(Cl)cn2)CC[C@@H]1C1C[C@H]2CC[C@@H](C1)N2C[C@@H](C(N)=O)C1CC1. The summed E-state index contributed by atoms with van der Waals surface area (Å²) in [5.41, 5.74) is 5.77. The van der Waals surface area contributed by atoms with Crippen molar-refractivity contribution in [2.45, 2.75) is 70.1 Å². The Morgan fingerprint density at radius 2 is 1.88 bits per heavy atom. The van der Waals surface area contributed by atoms with Gasteiger partial charge in [-0.2, -0.15) is 0 Å². The summed E-state index contributed by atoms with van der Waals surface area (Å²) in [6, 6.07) is 1.19. The maximum absolute atomic E-state index is 12.0. The van der Waals surface area contributed by atoms with Gasteiger partial charge in [0.1, 0.15) is 0 Å². The number of amides is 1. The number of fused-ring (bicyclic) bond motifs is 2. The number of aromatic nitrogens is 2. The molecule has 1 aliphatic carbocycles. The van der Waals surface area contributed by atoms with Gasteiger partial charge in [0.05, 0.1) is 29.4 Å². The number of carbonyl (C=O) groups excluding carboxylic acids is 1. The predicted molar refractivity (Wildman–Crippen MR) is 124 cm³/mol. The van der Waals surface area contributed by atoms with E-state index >= 15 is 0 Å². The van der Waals surface area contributed by atoms with E-state index in [0.29, 0.717) is 34.9 Å². The molecular weight excluding hydrogens is 426 g/mol. The molecule has 5 rings (SSSR count). The molecule has 1 saturated carbocycles. The molecule has 32 heavy (non-hydrogen) atoms. The molecule has 0 spiro atoms. The van der Waals surface area contributed by atoms with E-state index in [1.807, 2.05) is 0 Å². The topological polar surface area (TPSA) is 84.6 Å². The van der Waals surface area contributed by atoms with Crippen LogP contribution in [0, 0.1) is 23.7 Å². The average Bonchev–Trinajstić information content (AvgIpc) is 3.59. The second-order valence-corrected chi connectivity index (χ2v) is 10.7. The number of piperidine rings is 2. The van der Waals surface area contributed by atoms with Crippen LogP contribution in [0.15, 0.2) is 12.4 Å². The van der Waals surface area contributed by atoms with Crippen molar-refractivity contribution in [1.82, 2.24) is 14.9 Å². The summed E-state index contributed by atoms with van der Waals surface area (Å²) < 4.78 is 6.28. The lowest BCUT2D eigenvalue weighted by Crippen LogP contribution is -2.53. The van der Waals surface area contributed by atoms with Crippen LogP contribution < -0.4 is 10.6 Å². The highest BCUT2D eigenvalue weighted by Gasteiger charge is 2.48. The zero-order valence-electron chi connectivity index (χ0n) is 19.0. The van der Waals surface area contributed by atoms with E-state index in [4.69, 9.17) is 22.1 Å². The highest BCUT2D eigenvalue weighted by atomic mass is 35.5. The number of hydrogen-bond acceptors (Lipinski definition) is 6. The normalized spacial score (nSPS) is 33.9. The third-order valence-electron chi connectivity index (χ3n) is 8.37. The minimum Gasteiger partial charge on any atom is -0.376 e. The Balaban J connectivity index is 1.24. The maximum Gasteiger partial charge on any atom is 0.225 e.